The number of nitrogens with one attached hydrogen (secondary N) is 1. The highest BCUT2D eigenvalue weighted by Crippen LogP contribution is 2.27. The summed E-state index contributed by atoms with van der Waals surface area (Å²) in [7, 11) is 1.63. The van der Waals surface area contributed by atoms with Crippen LogP contribution in [-0.2, 0) is 4.79 Å². The van der Waals surface area contributed by atoms with Crippen molar-refractivity contribution < 1.29 is 9.53 Å². The van der Waals surface area contributed by atoms with Gasteiger partial charge < -0.3 is 10.1 Å². The van der Waals surface area contributed by atoms with Gasteiger partial charge in [0, 0.05) is 15.6 Å². The molecule has 1 atom stereocenters. The summed E-state index contributed by atoms with van der Waals surface area (Å²) in [5, 5.41) is 3.32. The normalized spacial score (nSPS) is 11.8. The van der Waals surface area contributed by atoms with E-state index in [1.165, 1.54) is 11.8 Å². The van der Waals surface area contributed by atoms with Crippen LogP contribution in [0.2, 0.25) is 5.02 Å². The van der Waals surface area contributed by atoms with Crippen LogP contribution in [0.25, 0.3) is 0 Å². The van der Waals surface area contributed by atoms with Crippen molar-refractivity contribution in [3.63, 3.8) is 0 Å². The fourth-order valence-corrected chi connectivity index (χ4v) is 2.87. The number of anilines is 1. The molecular weight excluding hydrogens is 318 g/mol. The zero-order chi connectivity index (χ0) is 16.1. The molecule has 0 aromatic heterocycles. The van der Waals surface area contributed by atoms with Crippen LogP contribution in [0, 0.1) is 6.92 Å². The molecule has 0 heterocycles. The minimum Gasteiger partial charge on any atom is -0.497 e. The summed E-state index contributed by atoms with van der Waals surface area (Å²) < 4.78 is 5.12. The van der Waals surface area contributed by atoms with Crippen LogP contribution in [-0.4, -0.2) is 18.3 Å². The molecule has 1 amide bonds. The second-order valence-corrected chi connectivity index (χ2v) is 6.71. The molecule has 0 saturated heterocycles. The standard InChI is InChI=1S/C17H18ClNO2S/c1-11-4-5-13(10-16(11)18)19-17(20)12(2)22-15-8-6-14(21-3)7-9-15/h4-10,12H,1-3H3,(H,19,20). The Balaban J connectivity index is 1.97. The highest BCUT2D eigenvalue weighted by atomic mass is 35.5. The van der Waals surface area contributed by atoms with E-state index in [0.29, 0.717) is 10.7 Å². The largest absolute Gasteiger partial charge is 0.497 e. The van der Waals surface area contributed by atoms with E-state index in [1.54, 1.807) is 13.2 Å². The molecule has 0 bridgehead atoms. The second-order valence-electron chi connectivity index (χ2n) is 4.89. The molecule has 0 aliphatic rings. The highest BCUT2D eigenvalue weighted by molar-refractivity contribution is 8.00. The van der Waals surface area contributed by atoms with Gasteiger partial charge in [-0.3, -0.25) is 4.79 Å². The molecule has 2 aromatic carbocycles. The lowest BCUT2D eigenvalue weighted by Gasteiger charge is -2.13. The number of benzene rings is 2. The molecule has 2 aromatic rings. The summed E-state index contributed by atoms with van der Waals surface area (Å²) in [5.74, 6) is 0.747. The van der Waals surface area contributed by atoms with Crippen molar-refractivity contribution in [2.45, 2.75) is 24.0 Å². The predicted molar refractivity (Wildman–Crippen MR) is 93.1 cm³/mol. The molecule has 0 fully saturated rings. The van der Waals surface area contributed by atoms with Crippen molar-refractivity contribution in [1.29, 1.82) is 0 Å². The maximum Gasteiger partial charge on any atom is 0.237 e. The highest BCUT2D eigenvalue weighted by Gasteiger charge is 2.15. The second kappa shape index (κ2) is 7.56. The Hall–Kier alpha value is -1.65. The first-order valence-corrected chi connectivity index (χ1v) is 8.13. The number of hydrogen-bond donors (Lipinski definition) is 1. The molecule has 1 unspecified atom stereocenters. The Bertz CT molecular complexity index is 658. The molecule has 5 heteroatoms. The molecule has 1 N–H and O–H groups in total. The Kier molecular flexibility index (Phi) is 5.75. The molecule has 0 aliphatic heterocycles. The number of amides is 1. The first-order chi connectivity index (χ1) is 10.5. The van der Waals surface area contributed by atoms with Gasteiger partial charge in [0.1, 0.15) is 5.75 Å². The van der Waals surface area contributed by atoms with Gasteiger partial charge in [-0.1, -0.05) is 17.7 Å². The summed E-state index contributed by atoms with van der Waals surface area (Å²) in [6, 6.07) is 13.1. The summed E-state index contributed by atoms with van der Waals surface area (Å²) in [4.78, 5) is 13.3. The fraction of sp³-hybridized carbons (Fsp3) is 0.235. The number of halogens is 1. The zero-order valence-corrected chi connectivity index (χ0v) is 14.3. The minimum absolute atomic E-state index is 0.0549. The maximum atomic E-state index is 12.2. The SMILES string of the molecule is COc1ccc(SC(C)C(=O)Nc2ccc(C)c(Cl)c2)cc1. The van der Waals surface area contributed by atoms with Crippen molar-refractivity contribution in [2.24, 2.45) is 0 Å². The van der Waals surface area contributed by atoms with Crippen molar-refractivity contribution in [2.75, 3.05) is 12.4 Å². The predicted octanol–water partition coefficient (Wildman–Crippen LogP) is 4.78. The lowest BCUT2D eigenvalue weighted by Crippen LogP contribution is -2.22. The number of ether oxygens (including phenoxy) is 1. The van der Waals surface area contributed by atoms with E-state index in [4.69, 9.17) is 16.3 Å². The van der Waals surface area contributed by atoms with E-state index in [-0.39, 0.29) is 11.2 Å². The van der Waals surface area contributed by atoms with Gasteiger partial charge in [-0.2, -0.15) is 0 Å². The fourth-order valence-electron chi connectivity index (χ4n) is 1.83. The first kappa shape index (κ1) is 16.7. The van der Waals surface area contributed by atoms with Gasteiger partial charge in [0.15, 0.2) is 0 Å². The van der Waals surface area contributed by atoms with E-state index in [2.05, 4.69) is 5.32 Å². The summed E-state index contributed by atoms with van der Waals surface area (Å²) in [6.45, 7) is 3.80. The lowest BCUT2D eigenvalue weighted by atomic mass is 10.2. The van der Waals surface area contributed by atoms with Gasteiger partial charge in [0.05, 0.1) is 12.4 Å². The van der Waals surface area contributed by atoms with E-state index in [1.807, 2.05) is 50.2 Å². The van der Waals surface area contributed by atoms with E-state index in [0.717, 1.165) is 16.2 Å². The first-order valence-electron chi connectivity index (χ1n) is 6.87. The smallest absolute Gasteiger partial charge is 0.237 e. The van der Waals surface area contributed by atoms with Crippen molar-refractivity contribution in [1.82, 2.24) is 0 Å². The third kappa shape index (κ3) is 4.42. The zero-order valence-electron chi connectivity index (χ0n) is 12.7. The summed E-state index contributed by atoms with van der Waals surface area (Å²) in [5.41, 5.74) is 1.70. The van der Waals surface area contributed by atoms with Crippen molar-refractivity contribution >= 4 is 35.0 Å². The molecule has 0 aliphatic carbocycles. The molecule has 22 heavy (non-hydrogen) atoms. The summed E-state index contributed by atoms with van der Waals surface area (Å²) in [6.07, 6.45) is 0. The van der Waals surface area contributed by atoms with E-state index < -0.39 is 0 Å². The Morgan fingerprint density at radius 3 is 2.50 bits per heavy atom. The molecule has 0 spiro atoms. The average molecular weight is 336 g/mol. The van der Waals surface area contributed by atoms with E-state index in [9.17, 15) is 4.79 Å². The number of hydrogen-bond acceptors (Lipinski definition) is 3. The van der Waals surface area contributed by atoms with Gasteiger partial charge >= 0.3 is 0 Å². The minimum atomic E-state index is -0.214. The Morgan fingerprint density at radius 2 is 1.91 bits per heavy atom. The molecule has 0 radical (unpaired) electrons. The lowest BCUT2D eigenvalue weighted by molar-refractivity contribution is -0.115. The van der Waals surface area contributed by atoms with Gasteiger partial charge in [-0.25, -0.2) is 0 Å². The monoisotopic (exact) mass is 335 g/mol. The number of methoxy groups -OCH3 is 1. The quantitative estimate of drug-likeness (QED) is 0.799. The molecule has 3 nitrogen and oxygen atoms in total. The van der Waals surface area contributed by atoms with Crippen LogP contribution in [0.4, 0.5) is 5.69 Å². The van der Waals surface area contributed by atoms with E-state index >= 15 is 0 Å². The molecule has 2 rings (SSSR count). The molecule has 0 saturated carbocycles. The average Bonchev–Trinajstić information content (AvgIpc) is 2.51. The van der Waals surface area contributed by atoms with Gasteiger partial charge in [-0.05, 0) is 55.8 Å². The van der Waals surface area contributed by atoms with Crippen LogP contribution in [0.5, 0.6) is 5.75 Å². The molecular formula is C17H18ClNO2S. The maximum absolute atomic E-state index is 12.2. The van der Waals surface area contributed by atoms with Crippen LogP contribution in [0.1, 0.15) is 12.5 Å². The number of aryl methyl sites for hydroxylation is 1. The summed E-state index contributed by atoms with van der Waals surface area (Å²) >= 11 is 7.56. The topological polar surface area (TPSA) is 38.3 Å². The number of rotatable bonds is 5. The third-order valence-electron chi connectivity index (χ3n) is 3.18. The van der Waals surface area contributed by atoms with Crippen molar-refractivity contribution in [3.05, 3.63) is 53.1 Å². The number of carbonyl (C=O) groups excluding carboxylic acids is 1. The van der Waals surface area contributed by atoms with Gasteiger partial charge in [-0.15, -0.1) is 11.8 Å². The Morgan fingerprint density at radius 1 is 1.23 bits per heavy atom. The van der Waals surface area contributed by atoms with Crippen LogP contribution in [0.15, 0.2) is 47.4 Å². The number of thioether (sulfide) groups is 1. The Labute approximate surface area is 140 Å². The van der Waals surface area contributed by atoms with Gasteiger partial charge in [0.2, 0.25) is 5.91 Å². The van der Waals surface area contributed by atoms with Crippen LogP contribution in [0.3, 0.4) is 0 Å². The third-order valence-corrected chi connectivity index (χ3v) is 4.70. The van der Waals surface area contributed by atoms with Gasteiger partial charge in [0.25, 0.3) is 0 Å². The van der Waals surface area contributed by atoms with Crippen LogP contribution >= 0.6 is 23.4 Å². The van der Waals surface area contributed by atoms with Crippen LogP contribution < -0.4 is 10.1 Å². The number of carbonyl (C=O) groups is 1. The van der Waals surface area contributed by atoms with Crippen molar-refractivity contribution in [3.8, 4) is 5.75 Å². The molecule has 116 valence electrons.